The molecule has 1 N–H and O–H groups in total. The number of anilines is 1. The molecular formula is C16H15ClN2. The average molecular weight is 271 g/mol. The Morgan fingerprint density at radius 1 is 1.11 bits per heavy atom. The molecule has 0 saturated carbocycles. The van der Waals surface area contributed by atoms with Gasteiger partial charge in [-0.2, -0.15) is 5.10 Å². The van der Waals surface area contributed by atoms with Gasteiger partial charge < -0.3 is 0 Å². The van der Waals surface area contributed by atoms with E-state index in [-0.39, 0.29) is 0 Å². The summed E-state index contributed by atoms with van der Waals surface area (Å²) in [5, 5.41) is 4.87. The van der Waals surface area contributed by atoms with Crippen LogP contribution in [0, 0.1) is 0 Å². The van der Waals surface area contributed by atoms with Gasteiger partial charge in [0.05, 0.1) is 11.9 Å². The fourth-order valence-corrected chi connectivity index (χ4v) is 1.81. The smallest absolute Gasteiger partial charge is 0.0576 e. The number of benzene rings is 2. The summed E-state index contributed by atoms with van der Waals surface area (Å²) < 4.78 is 0. The van der Waals surface area contributed by atoms with E-state index >= 15 is 0 Å². The maximum absolute atomic E-state index is 5.89. The normalized spacial score (nSPS) is 11.8. The Morgan fingerprint density at radius 2 is 1.89 bits per heavy atom. The third kappa shape index (κ3) is 4.60. The molecule has 0 fully saturated rings. The van der Waals surface area contributed by atoms with Gasteiger partial charge in [-0.05, 0) is 36.3 Å². The molecule has 2 nitrogen and oxygen atoms in total. The topological polar surface area (TPSA) is 24.4 Å². The molecule has 0 aliphatic heterocycles. The highest BCUT2D eigenvalue weighted by Crippen LogP contribution is 2.14. The van der Waals surface area contributed by atoms with Crippen LogP contribution < -0.4 is 5.43 Å². The Bertz CT molecular complexity index is 589. The van der Waals surface area contributed by atoms with Gasteiger partial charge in [0.2, 0.25) is 0 Å². The molecule has 2 aromatic rings. The second-order valence-electron chi connectivity index (χ2n) is 4.18. The van der Waals surface area contributed by atoms with Gasteiger partial charge in [0.15, 0.2) is 0 Å². The van der Waals surface area contributed by atoms with Crippen LogP contribution in [0.15, 0.2) is 65.3 Å². The van der Waals surface area contributed by atoms with Gasteiger partial charge >= 0.3 is 0 Å². The van der Waals surface area contributed by atoms with Gasteiger partial charge in [-0.1, -0.05) is 54.1 Å². The van der Waals surface area contributed by atoms with Crippen molar-refractivity contribution in [1.29, 1.82) is 0 Å². The molecule has 2 rings (SSSR count). The first-order valence-corrected chi connectivity index (χ1v) is 6.40. The lowest BCUT2D eigenvalue weighted by molar-refractivity contribution is 1.35. The molecule has 2 aromatic carbocycles. The monoisotopic (exact) mass is 270 g/mol. The molecular weight excluding hydrogens is 256 g/mol. The molecule has 0 bridgehead atoms. The van der Waals surface area contributed by atoms with E-state index in [9.17, 15) is 0 Å². The highest BCUT2D eigenvalue weighted by molar-refractivity contribution is 6.30. The van der Waals surface area contributed by atoms with Crippen molar-refractivity contribution in [2.24, 2.45) is 5.10 Å². The highest BCUT2D eigenvalue weighted by atomic mass is 35.5. The zero-order valence-electron chi connectivity index (χ0n) is 10.7. The fraction of sp³-hybridized carbons (Fsp3) is 0.0625. The average Bonchev–Trinajstić information content (AvgIpc) is 2.40. The van der Waals surface area contributed by atoms with Crippen molar-refractivity contribution in [2.75, 3.05) is 5.43 Å². The minimum absolute atomic E-state index is 0.691. The molecule has 0 unspecified atom stereocenters. The van der Waals surface area contributed by atoms with Crippen LogP contribution in [0.3, 0.4) is 0 Å². The van der Waals surface area contributed by atoms with E-state index in [4.69, 9.17) is 11.6 Å². The molecule has 0 saturated heterocycles. The number of allylic oxidation sites excluding steroid dienone is 1. The third-order valence-electron chi connectivity index (χ3n) is 2.48. The molecule has 0 aliphatic rings. The van der Waals surface area contributed by atoms with Crippen LogP contribution in [0.2, 0.25) is 5.02 Å². The van der Waals surface area contributed by atoms with Gasteiger partial charge in [0, 0.05) is 5.02 Å². The summed E-state index contributed by atoms with van der Waals surface area (Å²) in [4.78, 5) is 0. The van der Waals surface area contributed by atoms with E-state index in [1.54, 1.807) is 6.21 Å². The van der Waals surface area contributed by atoms with Crippen molar-refractivity contribution in [2.45, 2.75) is 6.92 Å². The highest BCUT2D eigenvalue weighted by Gasteiger charge is 1.91. The van der Waals surface area contributed by atoms with Crippen molar-refractivity contribution in [1.82, 2.24) is 0 Å². The molecule has 0 radical (unpaired) electrons. The van der Waals surface area contributed by atoms with Crippen molar-refractivity contribution < 1.29 is 0 Å². The van der Waals surface area contributed by atoms with Crippen molar-refractivity contribution in [3.63, 3.8) is 0 Å². The molecule has 0 atom stereocenters. The summed E-state index contributed by atoms with van der Waals surface area (Å²) in [5.74, 6) is 0. The number of halogens is 1. The van der Waals surface area contributed by atoms with Gasteiger partial charge in [-0.3, -0.25) is 5.43 Å². The van der Waals surface area contributed by atoms with E-state index in [1.807, 2.05) is 49.4 Å². The number of nitrogens with one attached hydrogen (secondary N) is 1. The van der Waals surface area contributed by atoms with E-state index in [1.165, 1.54) is 0 Å². The quantitative estimate of drug-likeness (QED) is 0.624. The molecule has 0 aliphatic carbocycles. The van der Waals surface area contributed by atoms with E-state index in [0.29, 0.717) is 5.02 Å². The van der Waals surface area contributed by atoms with Gasteiger partial charge in [-0.25, -0.2) is 0 Å². The summed E-state index contributed by atoms with van der Waals surface area (Å²) in [6, 6.07) is 17.6. The van der Waals surface area contributed by atoms with Crippen LogP contribution in [0.5, 0.6) is 0 Å². The first-order chi connectivity index (χ1) is 9.24. The van der Waals surface area contributed by atoms with E-state index in [2.05, 4.69) is 28.7 Å². The Balaban J connectivity index is 1.97. The SMILES string of the molecule is C/C(C=NNc1cccc(Cl)c1)=C\c1ccccc1. The maximum atomic E-state index is 5.89. The molecule has 0 aromatic heterocycles. The molecule has 19 heavy (non-hydrogen) atoms. The number of nitrogens with zero attached hydrogens (tertiary/aromatic N) is 1. The van der Waals surface area contributed by atoms with Crippen molar-refractivity contribution >= 4 is 29.6 Å². The van der Waals surface area contributed by atoms with Crippen molar-refractivity contribution in [3.8, 4) is 0 Å². The summed E-state index contributed by atoms with van der Waals surface area (Å²) in [5.41, 5.74) is 6.05. The number of hydrogen-bond acceptors (Lipinski definition) is 2. The summed E-state index contributed by atoms with van der Waals surface area (Å²) >= 11 is 5.89. The summed E-state index contributed by atoms with van der Waals surface area (Å²) in [6.07, 6.45) is 3.86. The van der Waals surface area contributed by atoms with Crippen LogP contribution in [-0.2, 0) is 0 Å². The lowest BCUT2D eigenvalue weighted by atomic mass is 10.1. The molecule has 0 heterocycles. The van der Waals surface area contributed by atoms with Crippen molar-refractivity contribution in [3.05, 3.63) is 70.8 Å². The summed E-state index contributed by atoms with van der Waals surface area (Å²) in [7, 11) is 0. The number of rotatable bonds is 4. The van der Waals surface area contributed by atoms with E-state index in [0.717, 1.165) is 16.8 Å². The predicted octanol–water partition coefficient (Wildman–Crippen LogP) is 4.84. The largest absolute Gasteiger partial charge is 0.278 e. The van der Waals surface area contributed by atoms with Crippen LogP contribution >= 0.6 is 11.6 Å². The zero-order valence-corrected chi connectivity index (χ0v) is 11.4. The first kappa shape index (κ1) is 13.4. The van der Waals surface area contributed by atoms with Crippen LogP contribution in [0.1, 0.15) is 12.5 Å². The Labute approximate surface area is 118 Å². The van der Waals surface area contributed by atoms with Gasteiger partial charge in [-0.15, -0.1) is 0 Å². The van der Waals surface area contributed by atoms with Crippen LogP contribution in [0.4, 0.5) is 5.69 Å². The Hall–Kier alpha value is -2.06. The zero-order chi connectivity index (χ0) is 13.5. The minimum Gasteiger partial charge on any atom is -0.278 e. The maximum Gasteiger partial charge on any atom is 0.0576 e. The fourth-order valence-electron chi connectivity index (χ4n) is 1.62. The molecule has 3 heteroatoms. The standard InChI is InChI=1S/C16H15ClN2/c1-13(10-14-6-3-2-4-7-14)12-18-19-16-9-5-8-15(17)11-16/h2-12,19H,1H3/b13-10+,18-12?. The second-order valence-corrected chi connectivity index (χ2v) is 4.62. The molecule has 96 valence electrons. The summed E-state index contributed by atoms with van der Waals surface area (Å²) in [6.45, 7) is 2.01. The Morgan fingerprint density at radius 3 is 2.63 bits per heavy atom. The van der Waals surface area contributed by atoms with Crippen LogP contribution in [0.25, 0.3) is 6.08 Å². The second kappa shape index (κ2) is 6.76. The Kier molecular flexibility index (Phi) is 4.76. The van der Waals surface area contributed by atoms with E-state index < -0.39 is 0 Å². The first-order valence-electron chi connectivity index (χ1n) is 6.02. The number of hydrogen-bond donors (Lipinski definition) is 1. The van der Waals surface area contributed by atoms with Crippen LogP contribution in [-0.4, -0.2) is 6.21 Å². The lowest BCUT2D eigenvalue weighted by Gasteiger charge is -2.00. The van der Waals surface area contributed by atoms with Gasteiger partial charge in [0.1, 0.15) is 0 Å². The molecule has 0 amide bonds. The van der Waals surface area contributed by atoms with Gasteiger partial charge in [0.25, 0.3) is 0 Å². The third-order valence-corrected chi connectivity index (χ3v) is 2.72. The molecule has 0 spiro atoms. The number of hydrazone groups is 1. The minimum atomic E-state index is 0.691. The lowest BCUT2D eigenvalue weighted by Crippen LogP contribution is -1.89. The predicted molar refractivity (Wildman–Crippen MR) is 83.7 cm³/mol.